The third kappa shape index (κ3) is 5.85. The standard InChI is InChI=1S/C20H21BrF3N3O2/c1-13-6-8-15(11-26-18-9-7-14(21)10-25-18)27(12-13)19(28)16-4-2-3-5-17(16)29-20(22,23)24/h2-5,7,9-10,13,15H,6,8,11-12H2,1H3,(H,25,26)/t13-,15-/m0/s1. The van der Waals surface area contributed by atoms with Gasteiger partial charge in [0.05, 0.1) is 5.56 Å². The lowest BCUT2D eigenvalue weighted by Crippen LogP contribution is -2.49. The van der Waals surface area contributed by atoms with E-state index in [1.807, 2.05) is 19.1 Å². The Morgan fingerprint density at radius 1 is 1.28 bits per heavy atom. The molecule has 3 rings (SSSR count). The quantitative estimate of drug-likeness (QED) is 0.659. The summed E-state index contributed by atoms with van der Waals surface area (Å²) in [7, 11) is 0. The van der Waals surface area contributed by atoms with Gasteiger partial charge in [0.15, 0.2) is 0 Å². The number of aromatic nitrogens is 1. The molecule has 1 aromatic heterocycles. The molecular weight excluding hydrogens is 451 g/mol. The van der Waals surface area contributed by atoms with Gasteiger partial charge >= 0.3 is 6.36 Å². The van der Waals surface area contributed by atoms with Crippen LogP contribution in [0.1, 0.15) is 30.1 Å². The van der Waals surface area contributed by atoms with Gasteiger partial charge in [-0.05, 0) is 59.0 Å². The zero-order valence-electron chi connectivity index (χ0n) is 15.7. The van der Waals surface area contributed by atoms with Gasteiger partial charge in [-0.25, -0.2) is 4.98 Å². The van der Waals surface area contributed by atoms with Crippen molar-refractivity contribution in [1.82, 2.24) is 9.88 Å². The minimum Gasteiger partial charge on any atom is -0.405 e. The van der Waals surface area contributed by atoms with Crippen LogP contribution in [0.15, 0.2) is 47.1 Å². The van der Waals surface area contributed by atoms with E-state index >= 15 is 0 Å². The lowest BCUT2D eigenvalue weighted by atomic mass is 9.93. The number of halogens is 4. The third-order valence-corrected chi connectivity index (χ3v) is 5.26. The molecule has 0 spiro atoms. The SMILES string of the molecule is C[C@H]1CC[C@@H](CNc2ccc(Br)cn2)N(C(=O)c2ccccc2OC(F)(F)F)C1. The number of nitrogens with one attached hydrogen (secondary N) is 1. The van der Waals surface area contributed by atoms with Crippen LogP contribution in [0.2, 0.25) is 0 Å². The molecule has 1 aromatic carbocycles. The number of amides is 1. The van der Waals surface area contributed by atoms with Crippen molar-refractivity contribution in [2.45, 2.75) is 32.2 Å². The van der Waals surface area contributed by atoms with Gasteiger partial charge in [-0.1, -0.05) is 19.1 Å². The molecule has 9 heteroatoms. The number of carbonyl (C=O) groups is 1. The third-order valence-electron chi connectivity index (χ3n) is 4.79. The molecule has 2 atom stereocenters. The van der Waals surface area contributed by atoms with Crippen molar-refractivity contribution < 1.29 is 22.7 Å². The number of para-hydroxylation sites is 1. The first-order valence-corrected chi connectivity index (χ1v) is 10.0. The van der Waals surface area contributed by atoms with Crippen molar-refractivity contribution >= 4 is 27.7 Å². The topological polar surface area (TPSA) is 54.5 Å². The van der Waals surface area contributed by atoms with Gasteiger partial charge in [0.1, 0.15) is 11.6 Å². The summed E-state index contributed by atoms with van der Waals surface area (Å²) in [4.78, 5) is 19.0. The van der Waals surface area contributed by atoms with Crippen LogP contribution in [0.5, 0.6) is 5.75 Å². The molecule has 5 nitrogen and oxygen atoms in total. The highest BCUT2D eigenvalue weighted by atomic mass is 79.9. The number of likely N-dealkylation sites (tertiary alicyclic amines) is 1. The van der Waals surface area contributed by atoms with Crippen LogP contribution in [0, 0.1) is 5.92 Å². The number of hydrogen-bond donors (Lipinski definition) is 1. The number of piperidine rings is 1. The van der Waals surface area contributed by atoms with Crippen LogP contribution in [0.25, 0.3) is 0 Å². The van der Waals surface area contributed by atoms with E-state index in [4.69, 9.17) is 0 Å². The summed E-state index contributed by atoms with van der Waals surface area (Å²) in [5.41, 5.74) is -0.0920. The van der Waals surface area contributed by atoms with Gasteiger partial charge < -0.3 is 15.0 Å². The molecule has 1 aliphatic heterocycles. The highest BCUT2D eigenvalue weighted by Crippen LogP contribution is 2.30. The summed E-state index contributed by atoms with van der Waals surface area (Å²) in [5.74, 6) is -0.0202. The minimum atomic E-state index is -4.86. The van der Waals surface area contributed by atoms with Crippen molar-refractivity contribution in [2.24, 2.45) is 5.92 Å². The Hall–Kier alpha value is -2.29. The fourth-order valence-electron chi connectivity index (χ4n) is 3.38. The van der Waals surface area contributed by atoms with Gasteiger partial charge in [0.25, 0.3) is 5.91 Å². The first-order valence-electron chi connectivity index (χ1n) is 9.24. The molecule has 2 heterocycles. The Labute approximate surface area is 175 Å². The Kier molecular flexibility index (Phi) is 6.66. The highest BCUT2D eigenvalue weighted by Gasteiger charge is 2.35. The van der Waals surface area contributed by atoms with Crippen molar-refractivity contribution in [1.29, 1.82) is 0 Å². The fourth-order valence-corrected chi connectivity index (χ4v) is 3.62. The number of pyridine rings is 1. The number of ether oxygens (including phenoxy) is 1. The summed E-state index contributed by atoms with van der Waals surface area (Å²) >= 11 is 3.33. The van der Waals surface area contributed by atoms with Crippen LogP contribution >= 0.6 is 15.9 Å². The molecule has 29 heavy (non-hydrogen) atoms. The van der Waals surface area contributed by atoms with E-state index < -0.39 is 18.0 Å². The summed E-state index contributed by atoms with van der Waals surface area (Å²) < 4.78 is 43.1. The number of alkyl halides is 3. The average Bonchev–Trinajstić information content (AvgIpc) is 2.67. The predicted octanol–water partition coefficient (Wildman–Crippen LogP) is 5.10. The van der Waals surface area contributed by atoms with E-state index in [-0.39, 0.29) is 17.5 Å². The molecular formula is C20H21BrF3N3O2. The van der Waals surface area contributed by atoms with E-state index in [0.717, 1.165) is 23.4 Å². The predicted molar refractivity (Wildman–Crippen MR) is 107 cm³/mol. The van der Waals surface area contributed by atoms with Crippen molar-refractivity contribution in [2.75, 3.05) is 18.4 Å². The molecule has 1 aliphatic rings. The molecule has 156 valence electrons. The smallest absolute Gasteiger partial charge is 0.405 e. The maximum Gasteiger partial charge on any atom is 0.573 e. The van der Waals surface area contributed by atoms with E-state index in [0.29, 0.717) is 18.9 Å². The lowest BCUT2D eigenvalue weighted by Gasteiger charge is -2.39. The molecule has 0 saturated carbocycles. The van der Waals surface area contributed by atoms with Gasteiger partial charge in [-0.3, -0.25) is 4.79 Å². The molecule has 0 unspecified atom stereocenters. The second kappa shape index (κ2) is 9.02. The molecule has 1 fully saturated rings. The number of rotatable bonds is 5. The maximum atomic E-state index is 13.1. The Bertz CT molecular complexity index is 846. The highest BCUT2D eigenvalue weighted by molar-refractivity contribution is 9.10. The summed E-state index contributed by atoms with van der Waals surface area (Å²) in [6, 6.07) is 8.97. The van der Waals surface area contributed by atoms with Gasteiger partial charge in [-0.2, -0.15) is 0 Å². The molecule has 1 amide bonds. The van der Waals surface area contributed by atoms with Crippen LogP contribution in [0.3, 0.4) is 0 Å². The normalized spacial score (nSPS) is 19.7. The number of hydrogen-bond acceptors (Lipinski definition) is 4. The zero-order chi connectivity index (χ0) is 21.0. The number of benzene rings is 1. The van der Waals surface area contributed by atoms with Crippen molar-refractivity contribution in [3.63, 3.8) is 0 Å². The number of anilines is 1. The van der Waals surface area contributed by atoms with E-state index in [1.54, 1.807) is 11.1 Å². The molecule has 1 saturated heterocycles. The first-order chi connectivity index (χ1) is 13.7. The lowest BCUT2D eigenvalue weighted by molar-refractivity contribution is -0.274. The van der Waals surface area contributed by atoms with Crippen LogP contribution in [-0.2, 0) is 0 Å². The average molecular weight is 472 g/mol. The van der Waals surface area contributed by atoms with E-state index in [1.165, 1.54) is 18.2 Å². The Morgan fingerprint density at radius 2 is 2.03 bits per heavy atom. The van der Waals surface area contributed by atoms with Crippen molar-refractivity contribution in [3.05, 3.63) is 52.6 Å². The van der Waals surface area contributed by atoms with E-state index in [9.17, 15) is 18.0 Å². The molecule has 2 aromatic rings. The van der Waals surface area contributed by atoms with Crippen LogP contribution in [0.4, 0.5) is 19.0 Å². The second-order valence-corrected chi connectivity index (χ2v) is 8.00. The van der Waals surface area contributed by atoms with Gasteiger partial charge in [0.2, 0.25) is 0 Å². The summed E-state index contributed by atoms with van der Waals surface area (Å²) in [6.07, 6.45) is -1.51. The maximum absolute atomic E-state index is 13.1. The van der Waals surface area contributed by atoms with E-state index in [2.05, 4.69) is 31.0 Å². The molecule has 0 aliphatic carbocycles. The van der Waals surface area contributed by atoms with Crippen molar-refractivity contribution in [3.8, 4) is 5.75 Å². The zero-order valence-corrected chi connectivity index (χ0v) is 17.3. The fraction of sp³-hybridized carbons (Fsp3) is 0.400. The van der Waals surface area contributed by atoms with Gasteiger partial charge in [-0.15, -0.1) is 13.2 Å². The first kappa shape index (κ1) is 21.4. The van der Waals surface area contributed by atoms with Crippen LogP contribution in [-0.4, -0.2) is 41.3 Å². The largest absolute Gasteiger partial charge is 0.573 e. The Balaban J connectivity index is 1.78. The molecule has 0 bridgehead atoms. The van der Waals surface area contributed by atoms with Crippen LogP contribution < -0.4 is 10.1 Å². The second-order valence-electron chi connectivity index (χ2n) is 7.08. The Morgan fingerprint density at radius 3 is 2.72 bits per heavy atom. The minimum absolute atomic E-state index is 0.0920. The summed E-state index contributed by atoms with van der Waals surface area (Å²) in [5, 5.41) is 3.21. The monoisotopic (exact) mass is 471 g/mol. The van der Waals surface area contributed by atoms with Gasteiger partial charge in [0, 0.05) is 29.8 Å². The number of carbonyl (C=O) groups excluding carboxylic acids is 1. The number of nitrogens with zero attached hydrogens (tertiary/aromatic N) is 2. The molecule has 1 N–H and O–H groups in total. The summed E-state index contributed by atoms with van der Waals surface area (Å²) in [6.45, 7) is 2.95. The molecule has 0 radical (unpaired) electrons.